The molecule has 0 unspecified atom stereocenters. The van der Waals surface area contributed by atoms with Crippen LogP contribution in [-0.2, 0) is 16.2 Å². The van der Waals surface area contributed by atoms with Crippen LogP contribution in [0.15, 0.2) is 101 Å². The van der Waals surface area contributed by atoms with Crippen molar-refractivity contribution in [3.8, 4) is 0 Å². The number of rotatable bonds is 3. The first-order valence-corrected chi connectivity index (χ1v) is 18.0. The molecule has 1 aliphatic heterocycles. The van der Waals surface area contributed by atoms with Crippen molar-refractivity contribution >= 4 is 28.8 Å². The normalized spacial score (nSPS) is 30.0. The van der Waals surface area contributed by atoms with Gasteiger partial charge < -0.3 is 4.90 Å². The molecule has 6 aliphatic rings. The van der Waals surface area contributed by atoms with Gasteiger partial charge in [0.1, 0.15) is 0 Å². The number of hydrogen-bond donors (Lipinski definition) is 0. The topological polar surface area (TPSA) is 3.24 Å². The molecule has 0 radical (unpaired) electrons. The Morgan fingerprint density at radius 3 is 1.89 bits per heavy atom. The molecule has 0 aromatic heterocycles. The van der Waals surface area contributed by atoms with Crippen LogP contribution in [0.4, 0.5) is 17.1 Å². The lowest BCUT2D eigenvalue weighted by molar-refractivity contribution is -0.0443. The Bertz CT molecular complexity index is 1740. The summed E-state index contributed by atoms with van der Waals surface area (Å²) in [5.74, 6) is 3.39. The Labute approximate surface area is 268 Å². The fourth-order valence-corrected chi connectivity index (χ4v) is 12.3. The highest BCUT2D eigenvalue weighted by atomic mass is 32.2. The summed E-state index contributed by atoms with van der Waals surface area (Å²) in [5.41, 5.74) is 10.7. The lowest BCUT2D eigenvalue weighted by Gasteiger charge is -2.63. The minimum absolute atomic E-state index is 0.103. The smallest absolute Gasteiger partial charge is 0.0604 e. The lowest BCUT2D eigenvalue weighted by atomic mass is 9.42. The maximum atomic E-state index is 2.64. The lowest BCUT2D eigenvalue weighted by Crippen LogP contribution is -2.57. The Morgan fingerprint density at radius 2 is 1.16 bits per heavy atom. The van der Waals surface area contributed by atoms with Crippen molar-refractivity contribution in [2.75, 3.05) is 4.90 Å². The number of anilines is 3. The summed E-state index contributed by atoms with van der Waals surface area (Å²) in [6.07, 6.45) is 9.56. The van der Waals surface area contributed by atoms with E-state index in [1.54, 1.807) is 11.1 Å². The second kappa shape index (κ2) is 9.52. The summed E-state index contributed by atoms with van der Waals surface area (Å²) in [6.45, 7) is 9.85. The van der Waals surface area contributed by atoms with Crippen molar-refractivity contribution in [2.45, 2.75) is 98.7 Å². The van der Waals surface area contributed by atoms with E-state index >= 15 is 0 Å². The van der Waals surface area contributed by atoms with Crippen LogP contribution >= 0.6 is 11.8 Å². The first-order valence-electron chi connectivity index (χ1n) is 17.2. The third kappa shape index (κ3) is 3.73. The van der Waals surface area contributed by atoms with Crippen molar-refractivity contribution < 1.29 is 0 Å². The van der Waals surface area contributed by atoms with E-state index < -0.39 is 0 Å². The van der Waals surface area contributed by atoms with Crippen LogP contribution in [0.25, 0.3) is 0 Å². The van der Waals surface area contributed by atoms with Gasteiger partial charge in [-0.05, 0) is 132 Å². The van der Waals surface area contributed by atoms with E-state index in [9.17, 15) is 0 Å². The third-order valence-corrected chi connectivity index (χ3v) is 13.9. The van der Waals surface area contributed by atoms with Gasteiger partial charge in [0.05, 0.1) is 11.4 Å². The Kier molecular flexibility index (Phi) is 5.92. The predicted octanol–water partition coefficient (Wildman–Crippen LogP) is 11.7. The summed E-state index contributed by atoms with van der Waals surface area (Å²) in [5, 5.41) is 0. The van der Waals surface area contributed by atoms with E-state index in [0.717, 1.165) is 23.7 Å². The molecular formula is C42H45NS. The Balaban J connectivity index is 1.32. The van der Waals surface area contributed by atoms with E-state index in [1.807, 2.05) is 11.8 Å². The predicted molar refractivity (Wildman–Crippen MR) is 185 cm³/mol. The van der Waals surface area contributed by atoms with Gasteiger partial charge in [-0.1, -0.05) is 100 Å². The molecule has 4 fully saturated rings. The van der Waals surface area contributed by atoms with Crippen molar-refractivity contribution in [3.63, 3.8) is 0 Å². The average molecular weight is 596 g/mol. The molecule has 0 atom stereocenters. The fraction of sp³-hybridized carbons (Fsp3) is 0.429. The van der Waals surface area contributed by atoms with E-state index in [0.29, 0.717) is 0 Å². The van der Waals surface area contributed by atoms with Gasteiger partial charge in [-0.25, -0.2) is 0 Å². The molecule has 10 rings (SSSR count). The van der Waals surface area contributed by atoms with Crippen molar-refractivity contribution in [1.82, 2.24) is 0 Å². The molecule has 4 saturated carbocycles. The Hall–Kier alpha value is -2.97. The van der Waals surface area contributed by atoms with E-state index in [2.05, 4.69) is 124 Å². The number of hydrogen-bond acceptors (Lipinski definition) is 2. The third-order valence-electron chi connectivity index (χ3n) is 12.7. The van der Waals surface area contributed by atoms with E-state index in [-0.39, 0.29) is 16.2 Å². The standard InChI is InChI=1S/C42H45NS/c1-40(2)20-21-41(3,4)38-33(40)15-10-17-35(38)43(31-12-6-5-7-13-31)36-18-11-16-34-39(36)44-37-19-9-8-14-32(37)42(34)29-23-27-22-28(25-29)26-30(42)24-27/h5-19,27-30H,20-26H2,1-4H3. The fourth-order valence-electron chi connectivity index (χ4n) is 11.0. The minimum Gasteiger partial charge on any atom is -0.309 e. The van der Waals surface area contributed by atoms with Gasteiger partial charge in [0.15, 0.2) is 0 Å². The summed E-state index contributed by atoms with van der Waals surface area (Å²) in [6, 6.07) is 35.3. The summed E-state index contributed by atoms with van der Waals surface area (Å²) in [7, 11) is 0. The Morgan fingerprint density at radius 1 is 0.568 bits per heavy atom. The molecule has 224 valence electrons. The highest BCUT2D eigenvalue weighted by Gasteiger charge is 2.61. The van der Waals surface area contributed by atoms with Crippen LogP contribution in [0.5, 0.6) is 0 Å². The highest BCUT2D eigenvalue weighted by Crippen LogP contribution is 2.69. The molecule has 5 aliphatic carbocycles. The zero-order valence-corrected chi connectivity index (χ0v) is 27.6. The average Bonchev–Trinajstić information content (AvgIpc) is 3.02. The zero-order chi connectivity index (χ0) is 29.8. The number of benzene rings is 4. The monoisotopic (exact) mass is 595 g/mol. The van der Waals surface area contributed by atoms with Crippen LogP contribution in [0.2, 0.25) is 0 Å². The first-order chi connectivity index (χ1) is 21.3. The number of para-hydroxylation sites is 1. The largest absolute Gasteiger partial charge is 0.309 e. The van der Waals surface area contributed by atoms with E-state index in [4.69, 9.17) is 0 Å². The van der Waals surface area contributed by atoms with Gasteiger partial charge in [0, 0.05) is 20.9 Å². The molecule has 0 N–H and O–H groups in total. The maximum absolute atomic E-state index is 2.64. The molecule has 0 amide bonds. The molecule has 2 heteroatoms. The summed E-state index contributed by atoms with van der Waals surface area (Å²) >= 11 is 2.04. The SMILES string of the molecule is CC1(C)CCC(C)(C)c2c(N(c3ccccc3)c3cccc4c3Sc3ccccc3C43C4CC5CC(C4)CC3C5)cccc21. The second-order valence-corrected chi connectivity index (χ2v) is 17.1. The summed E-state index contributed by atoms with van der Waals surface area (Å²) in [4.78, 5) is 5.63. The second-order valence-electron chi connectivity index (χ2n) is 16.1. The molecule has 1 nitrogen and oxygen atoms in total. The van der Waals surface area contributed by atoms with Crippen LogP contribution in [-0.4, -0.2) is 0 Å². The minimum atomic E-state index is 0.103. The van der Waals surface area contributed by atoms with Gasteiger partial charge in [-0.3, -0.25) is 0 Å². The van der Waals surface area contributed by atoms with Gasteiger partial charge >= 0.3 is 0 Å². The molecule has 44 heavy (non-hydrogen) atoms. The molecule has 4 aromatic carbocycles. The van der Waals surface area contributed by atoms with Crippen molar-refractivity contribution in [3.05, 3.63) is 113 Å². The van der Waals surface area contributed by atoms with Gasteiger partial charge in [0.2, 0.25) is 0 Å². The summed E-state index contributed by atoms with van der Waals surface area (Å²) < 4.78 is 0. The quantitative estimate of drug-likeness (QED) is 0.232. The molecule has 1 spiro atoms. The number of fused-ring (bicyclic) bond motifs is 3. The molecule has 0 saturated heterocycles. The van der Waals surface area contributed by atoms with Crippen molar-refractivity contribution in [1.29, 1.82) is 0 Å². The first kappa shape index (κ1) is 27.3. The molecule has 4 aromatic rings. The van der Waals surface area contributed by atoms with E-state index in [1.165, 1.54) is 82.9 Å². The molecule has 4 bridgehead atoms. The highest BCUT2D eigenvalue weighted by molar-refractivity contribution is 7.99. The van der Waals surface area contributed by atoms with Gasteiger partial charge in [0.25, 0.3) is 0 Å². The molecule has 1 heterocycles. The number of nitrogens with zero attached hydrogens (tertiary/aromatic N) is 1. The van der Waals surface area contributed by atoms with Gasteiger partial charge in [-0.2, -0.15) is 0 Å². The molecular weight excluding hydrogens is 551 g/mol. The van der Waals surface area contributed by atoms with Crippen molar-refractivity contribution in [2.24, 2.45) is 23.7 Å². The van der Waals surface area contributed by atoms with Crippen LogP contribution < -0.4 is 4.90 Å². The maximum Gasteiger partial charge on any atom is 0.0604 e. The van der Waals surface area contributed by atoms with Crippen LogP contribution in [0.3, 0.4) is 0 Å². The van der Waals surface area contributed by atoms with Crippen LogP contribution in [0, 0.1) is 23.7 Å². The zero-order valence-electron chi connectivity index (χ0n) is 26.8. The van der Waals surface area contributed by atoms with Crippen LogP contribution in [0.1, 0.15) is 94.9 Å². The van der Waals surface area contributed by atoms with Gasteiger partial charge in [-0.15, -0.1) is 0 Å².